The third-order valence-corrected chi connectivity index (χ3v) is 5.90. The van der Waals surface area contributed by atoms with Gasteiger partial charge in [-0.3, -0.25) is 24.3 Å². The van der Waals surface area contributed by atoms with Gasteiger partial charge in [-0.25, -0.2) is 0 Å². The lowest BCUT2D eigenvalue weighted by Gasteiger charge is -2.32. The quantitative estimate of drug-likeness (QED) is 0.535. The lowest BCUT2D eigenvalue weighted by atomic mass is 10.0. The molecule has 0 unspecified atom stereocenters. The van der Waals surface area contributed by atoms with Gasteiger partial charge in [0.1, 0.15) is 6.04 Å². The first kappa shape index (κ1) is 23.2. The Morgan fingerprint density at radius 3 is 2.62 bits per heavy atom. The molecule has 0 radical (unpaired) electrons. The van der Waals surface area contributed by atoms with Crippen LogP contribution in [0.15, 0.2) is 71.6 Å². The molecule has 1 fully saturated rings. The van der Waals surface area contributed by atoms with Gasteiger partial charge in [0, 0.05) is 29.7 Å². The molecule has 2 N–H and O–H groups in total. The summed E-state index contributed by atoms with van der Waals surface area (Å²) in [6, 6.07) is 13.2. The van der Waals surface area contributed by atoms with E-state index in [0.29, 0.717) is 11.3 Å². The molecule has 2 heterocycles. The highest BCUT2D eigenvalue weighted by Gasteiger charge is 2.34. The highest BCUT2D eigenvalue weighted by Crippen LogP contribution is 2.29. The van der Waals surface area contributed by atoms with Gasteiger partial charge in [0.25, 0.3) is 5.91 Å². The van der Waals surface area contributed by atoms with E-state index < -0.39 is 17.9 Å². The maximum atomic E-state index is 13.6. The molecule has 1 saturated carbocycles. The molecule has 1 aliphatic rings. The number of carbonyl (C=O) groups is 3. The molecule has 0 saturated heterocycles. The summed E-state index contributed by atoms with van der Waals surface area (Å²) in [7, 11) is 0. The van der Waals surface area contributed by atoms with Gasteiger partial charge in [0.2, 0.25) is 11.8 Å². The van der Waals surface area contributed by atoms with Crippen molar-refractivity contribution >= 4 is 23.4 Å². The number of furan rings is 1. The Bertz CT molecular complexity index is 1120. The second kappa shape index (κ2) is 10.8. The monoisotopic (exact) mass is 460 g/mol. The number of rotatable bonds is 8. The van der Waals surface area contributed by atoms with E-state index in [2.05, 4.69) is 15.6 Å². The molecule has 176 valence electrons. The highest BCUT2D eigenvalue weighted by atomic mass is 16.3. The molecule has 1 atom stereocenters. The van der Waals surface area contributed by atoms with Gasteiger partial charge in [-0.2, -0.15) is 0 Å². The van der Waals surface area contributed by atoms with Crippen molar-refractivity contribution in [1.82, 2.24) is 15.6 Å². The molecule has 8 nitrogen and oxygen atoms in total. The second-order valence-electron chi connectivity index (χ2n) is 8.44. The predicted octanol–water partition coefficient (Wildman–Crippen LogP) is 3.55. The summed E-state index contributed by atoms with van der Waals surface area (Å²) in [4.78, 5) is 45.1. The Morgan fingerprint density at radius 1 is 1.12 bits per heavy atom. The van der Waals surface area contributed by atoms with Crippen molar-refractivity contribution in [3.8, 4) is 0 Å². The minimum atomic E-state index is -0.941. The highest BCUT2D eigenvalue weighted by molar-refractivity contribution is 6.04. The first-order chi connectivity index (χ1) is 16.5. The molecular formula is C26H28N4O4. The van der Waals surface area contributed by atoms with E-state index >= 15 is 0 Å². The van der Waals surface area contributed by atoms with E-state index in [-0.39, 0.29) is 24.3 Å². The van der Waals surface area contributed by atoms with E-state index in [9.17, 15) is 14.4 Å². The molecule has 2 aromatic heterocycles. The summed E-state index contributed by atoms with van der Waals surface area (Å²) in [5.41, 5.74) is 2.09. The van der Waals surface area contributed by atoms with Gasteiger partial charge in [0.05, 0.1) is 12.8 Å². The van der Waals surface area contributed by atoms with E-state index in [1.807, 2.05) is 25.1 Å². The van der Waals surface area contributed by atoms with Gasteiger partial charge in [-0.05, 0) is 55.7 Å². The Balaban J connectivity index is 1.66. The van der Waals surface area contributed by atoms with Crippen LogP contribution in [0.1, 0.15) is 53.4 Å². The number of aromatic nitrogens is 1. The zero-order valence-electron chi connectivity index (χ0n) is 19.1. The Morgan fingerprint density at radius 2 is 1.94 bits per heavy atom. The SMILES string of the molecule is Cc1cccc(N(C(=O)CNC(=O)c2ccco2)[C@H](C(=O)NC2CCCC2)c2cccnc2)c1. The van der Waals surface area contributed by atoms with Crippen LogP contribution in [0.4, 0.5) is 5.69 Å². The first-order valence-corrected chi connectivity index (χ1v) is 11.4. The number of aryl methyl sites for hydroxylation is 1. The third-order valence-electron chi connectivity index (χ3n) is 5.90. The summed E-state index contributed by atoms with van der Waals surface area (Å²) < 4.78 is 5.11. The van der Waals surface area contributed by atoms with Gasteiger partial charge in [-0.1, -0.05) is 31.0 Å². The lowest BCUT2D eigenvalue weighted by Crippen LogP contribution is -2.49. The second-order valence-corrected chi connectivity index (χ2v) is 8.44. The Hall–Kier alpha value is -3.94. The average Bonchev–Trinajstić information content (AvgIpc) is 3.56. The van der Waals surface area contributed by atoms with E-state index in [1.54, 1.807) is 36.7 Å². The zero-order chi connectivity index (χ0) is 23.9. The van der Waals surface area contributed by atoms with Crippen LogP contribution in [0.3, 0.4) is 0 Å². The van der Waals surface area contributed by atoms with Crippen LogP contribution in [0.2, 0.25) is 0 Å². The van der Waals surface area contributed by atoms with Crippen molar-refractivity contribution in [3.63, 3.8) is 0 Å². The van der Waals surface area contributed by atoms with Crippen LogP contribution in [-0.2, 0) is 9.59 Å². The molecule has 34 heavy (non-hydrogen) atoms. The Labute approximate surface area is 198 Å². The van der Waals surface area contributed by atoms with Crippen LogP contribution in [0, 0.1) is 6.92 Å². The summed E-state index contributed by atoms with van der Waals surface area (Å²) in [6.45, 7) is 1.61. The van der Waals surface area contributed by atoms with Crippen molar-refractivity contribution < 1.29 is 18.8 Å². The summed E-state index contributed by atoms with van der Waals surface area (Å²) >= 11 is 0. The maximum Gasteiger partial charge on any atom is 0.287 e. The molecule has 0 aliphatic heterocycles. The van der Waals surface area contributed by atoms with Gasteiger partial charge >= 0.3 is 0 Å². The number of pyridine rings is 1. The molecular weight excluding hydrogens is 432 g/mol. The number of anilines is 1. The van der Waals surface area contributed by atoms with Crippen LogP contribution in [0.25, 0.3) is 0 Å². The normalized spacial score (nSPS) is 14.4. The maximum absolute atomic E-state index is 13.6. The van der Waals surface area contributed by atoms with Crippen molar-refractivity contribution in [2.45, 2.75) is 44.7 Å². The molecule has 4 rings (SSSR count). The lowest BCUT2D eigenvalue weighted by molar-refractivity contribution is -0.126. The molecule has 1 aliphatic carbocycles. The number of carbonyl (C=O) groups excluding carboxylic acids is 3. The molecule has 1 aromatic carbocycles. The fourth-order valence-electron chi connectivity index (χ4n) is 4.26. The molecule has 0 spiro atoms. The average molecular weight is 461 g/mol. The number of nitrogens with zero attached hydrogens (tertiary/aromatic N) is 2. The van der Waals surface area contributed by atoms with Crippen molar-refractivity contribution in [2.24, 2.45) is 0 Å². The topological polar surface area (TPSA) is 105 Å². The minimum absolute atomic E-state index is 0.0831. The van der Waals surface area contributed by atoms with Crippen molar-refractivity contribution in [3.05, 3.63) is 84.1 Å². The van der Waals surface area contributed by atoms with Crippen LogP contribution < -0.4 is 15.5 Å². The van der Waals surface area contributed by atoms with Crippen molar-refractivity contribution in [1.29, 1.82) is 0 Å². The summed E-state index contributed by atoms with van der Waals surface area (Å²) in [5.74, 6) is -1.10. The zero-order valence-corrected chi connectivity index (χ0v) is 19.1. The minimum Gasteiger partial charge on any atom is -0.459 e. The largest absolute Gasteiger partial charge is 0.459 e. The van der Waals surface area contributed by atoms with Gasteiger partial charge < -0.3 is 15.1 Å². The fourth-order valence-corrected chi connectivity index (χ4v) is 4.26. The standard InChI is InChI=1S/C26H28N4O4/c1-18-7-4-11-21(15-18)30(23(31)17-28-25(32)22-12-6-14-34-22)24(19-8-5-13-27-16-19)26(33)29-20-9-2-3-10-20/h4-8,11-16,20,24H,2-3,9-10,17H2,1H3,(H,28,32)(H,29,33)/t24-/m0/s1. The number of nitrogens with one attached hydrogen (secondary N) is 2. The number of amides is 3. The van der Waals surface area contributed by atoms with Crippen LogP contribution >= 0.6 is 0 Å². The number of benzene rings is 1. The van der Waals surface area contributed by atoms with E-state index in [0.717, 1.165) is 31.2 Å². The van der Waals surface area contributed by atoms with Crippen molar-refractivity contribution in [2.75, 3.05) is 11.4 Å². The third kappa shape index (κ3) is 5.51. The number of hydrogen-bond donors (Lipinski definition) is 2. The van der Waals surface area contributed by atoms with Crippen LogP contribution in [-0.4, -0.2) is 35.3 Å². The number of hydrogen-bond acceptors (Lipinski definition) is 5. The molecule has 8 heteroatoms. The smallest absolute Gasteiger partial charge is 0.287 e. The van der Waals surface area contributed by atoms with E-state index in [4.69, 9.17) is 4.42 Å². The van der Waals surface area contributed by atoms with Gasteiger partial charge in [-0.15, -0.1) is 0 Å². The molecule has 3 aromatic rings. The predicted molar refractivity (Wildman–Crippen MR) is 127 cm³/mol. The summed E-state index contributed by atoms with van der Waals surface area (Å²) in [5, 5.41) is 5.72. The molecule has 3 amide bonds. The Kier molecular flexibility index (Phi) is 7.37. The summed E-state index contributed by atoms with van der Waals surface area (Å²) in [6.07, 6.45) is 8.59. The fraction of sp³-hybridized carbons (Fsp3) is 0.308. The first-order valence-electron chi connectivity index (χ1n) is 11.4. The van der Waals surface area contributed by atoms with E-state index in [1.165, 1.54) is 17.2 Å². The van der Waals surface area contributed by atoms with Gasteiger partial charge in [0.15, 0.2) is 5.76 Å². The molecule has 0 bridgehead atoms. The van der Waals surface area contributed by atoms with Crippen LogP contribution in [0.5, 0.6) is 0 Å².